The van der Waals surface area contributed by atoms with Crippen LogP contribution < -0.4 is 0 Å². The van der Waals surface area contributed by atoms with Gasteiger partial charge >= 0.3 is 0 Å². The van der Waals surface area contributed by atoms with E-state index in [1.807, 2.05) is 24.5 Å². The number of pyridine rings is 1. The average molecular weight is 243 g/mol. The van der Waals surface area contributed by atoms with Gasteiger partial charge < -0.3 is 4.40 Å². The number of carbonyl (C=O) groups excluding carboxylic acids is 1. The standard InChI is InChI=1S/C14H17N3O/c1-16-6-3-2-4-13(16)14-15-9-12-8-11(10-18)5-7-17(12)14/h5,7-10,13H,2-4,6H2,1H3. The summed E-state index contributed by atoms with van der Waals surface area (Å²) in [4.78, 5) is 17.7. The van der Waals surface area contributed by atoms with E-state index in [1.54, 1.807) is 0 Å². The van der Waals surface area contributed by atoms with E-state index in [0.717, 1.165) is 30.6 Å². The summed E-state index contributed by atoms with van der Waals surface area (Å²) in [5.74, 6) is 1.09. The minimum absolute atomic E-state index is 0.392. The molecule has 1 atom stereocenters. The number of rotatable bonds is 2. The normalized spacial score (nSPS) is 21.3. The van der Waals surface area contributed by atoms with Gasteiger partial charge in [-0.1, -0.05) is 6.42 Å². The highest BCUT2D eigenvalue weighted by Crippen LogP contribution is 2.29. The monoisotopic (exact) mass is 243 g/mol. The summed E-state index contributed by atoms with van der Waals surface area (Å²) in [7, 11) is 2.16. The Labute approximate surface area is 106 Å². The van der Waals surface area contributed by atoms with Gasteiger partial charge in [-0.3, -0.25) is 9.69 Å². The number of carbonyl (C=O) groups is 1. The Bertz CT molecular complexity index is 575. The molecule has 4 heteroatoms. The van der Waals surface area contributed by atoms with Crippen LogP contribution in [0, 0.1) is 0 Å². The first kappa shape index (κ1) is 11.4. The Kier molecular flexibility index (Phi) is 2.88. The molecule has 18 heavy (non-hydrogen) atoms. The van der Waals surface area contributed by atoms with Crippen LogP contribution in [0.1, 0.15) is 41.5 Å². The number of nitrogens with zero attached hydrogens (tertiary/aromatic N) is 3. The molecule has 1 saturated heterocycles. The molecule has 0 amide bonds. The van der Waals surface area contributed by atoms with E-state index >= 15 is 0 Å². The van der Waals surface area contributed by atoms with Crippen LogP contribution >= 0.6 is 0 Å². The van der Waals surface area contributed by atoms with Crippen molar-refractivity contribution in [2.75, 3.05) is 13.6 Å². The fourth-order valence-corrected chi connectivity index (χ4v) is 2.76. The number of imidazole rings is 1. The van der Waals surface area contributed by atoms with Crippen LogP contribution in [0.4, 0.5) is 0 Å². The molecule has 0 radical (unpaired) electrons. The largest absolute Gasteiger partial charge is 0.302 e. The number of aldehydes is 1. The first-order valence-electron chi connectivity index (χ1n) is 6.42. The van der Waals surface area contributed by atoms with E-state index in [4.69, 9.17) is 0 Å². The molecule has 0 N–H and O–H groups in total. The molecule has 0 aliphatic carbocycles. The minimum Gasteiger partial charge on any atom is -0.302 e. The number of hydrogen-bond acceptors (Lipinski definition) is 3. The maximum atomic E-state index is 10.8. The zero-order valence-electron chi connectivity index (χ0n) is 10.5. The Morgan fingerprint density at radius 3 is 3.11 bits per heavy atom. The third kappa shape index (κ3) is 1.82. The van der Waals surface area contributed by atoms with Crippen molar-refractivity contribution in [1.82, 2.24) is 14.3 Å². The molecule has 2 aromatic heterocycles. The summed E-state index contributed by atoms with van der Waals surface area (Å²) in [6, 6.07) is 4.11. The Morgan fingerprint density at radius 2 is 2.33 bits per heavy atom. The molecule has 0 aromatic carbocycles. The minimum atomic E-state index is 0.392. The van der Waals surface area contributed by atoms with Crippen LogP contribution in [0.15, 0.2) is 24.5 Å². The van der Waals surface area contributed by atoms with E-state index in [1.165, 1.54) is 12.8 Å². The van der Waals surface area contributed by atoms with Gasteiger partial charge in [-0.15, -0.1) is 0 Å². The maximum absolute atomic E-state index is 10.8. The lowest BCUT2D eigenvalue weighted by Crippen LogP contribution is -2.30. The Morgan fingerprint density at radius 1 is 1.44 bits per heavy atom. The van der Waals surface area contributed by atoms with Gasteiger partial charge in [0.2, 0.25) is 0 Å². The Balaban J connectivity index is 2.04. The second kappa shape index (κ2) is 4.53. The third-order valence-corrected chi connectivity index (χ3v) is 3.79. The summed E-state index contributed by atoms with van der Waals surface area (Å²) >= 11 is 0. The SMILES string of the molecule is CN1CCCCC1c1ncc2cc(C=O)ccn12. The fraction of sp³-hybridized carbons (Fsp3) is 0.429. The van der Waals surface area contributed by atoms with Crippen molar-refractivity contribution in [2.24, 2.45) is 0 Å². The van der Waals surface area contributed by atoms with Crippen LogP contribution in [0.25, 0.3) is 5.52 Å². The van der Waals surface area contributed by atoms with Crippen molar-refractivity contribution >= 4 is 11.8 Å². The van der Waals surface area contributed by atoms with Crippen molar-refractivity contribution in [3.8, 4) is 0 Å². The van der Waals surface area contributed by atoms with Gasteiger partial charge in [0.05, 0.1) is 17.8 Å². The maximum Gasteiger partial charge on any atom is 0.150 e. The van der Waals surface area contributed by atoms with Gasteiger partial charge in [0, 0.05) is 11.8 Å². The second-order valence-corrected chi connectivity index (χ2v) is 4.98. The molecule has 3 rings (SSSR count). The molecule has 1 unspecified atom stereocenters. The molecule has 3 heterocycles. The number of hydrogen-bond donors (Lipinski definition) is 0. The smallest absolute Gasteiger partial charge is 0.150 e. The van der Waals surface area contributed by atoms with Gasteiger partial charge in [0.25, 0.3) is 0 Å². The van der Waals surface area contributed by atoms with Gasteiger partial charge in [-0.05, 0) is 38.6 Å². The predicted molar refractivity (Wildman–Crippen MR) is 69.8 cm³/mol. The molecule has 1 aliphatic heterocycles. The van der Waals surface area contributed by atoms with Crippen LogP contribution in [-0.4, -0.2) is 34.2 Å². The molecular weight excluding hydrogens is 226 g/mol. The first-order valence-corrected chi connectivity index (χ1v) is 6.42. The molecule has 1 fully saturated rings. The van der Waals surface area contributed by atoms with E-state index in [-0.39, 0.29) is 0 Å². The summed E-state index contributed by atoms with van der Waals surface area (Å²) in [5.41, 5.74) is 1.69. The second-order valence-electron chi connectivity index (χ2n) is 4.98. The Hall–Kier alpha value is -1.68. The van der Waals surface area contributed by atoms with E-state index in [0.29, 0.717) is 11.6 Å². The van der Waals surface area contributed by atoms with Crippen LogP contribution in [0.3, 0.4) is 0 Å². The zero-order chi connectivity index (χ0) is 12.5. The van der Waals surface area contributed by atoms with Crippen molar-refractivity contribution in [2.45, 2.75) is 25.3 Å². The van der Waals surface area contributed by atoms with Gasteiger partial charge in [0.15, 0.2) is 0 Å². The van der Waals surface area contributed by atoms with Gasteiger partial charge in [-0.25, -0.2) is 4.98 Å². The lowest BCUT2D eigenvalue weighted by Gasteiger charge is -2.31. The molecule has 2 aromatic rings. The fourth-order valence-electron chi connectivity index (χ4n) is 2.76. The summed E-state index contributed by atoms with van der Waals surface area (Å²) < 4.78 is 2.10. The summed E-state index contributed by atoms with van der Waals surface area (Å²) in [5, 5.41) is 0. The van der Waals surface area contributed by atoms with Crippen LogP contribution in [-0.2, 0) is 0 Å². The van der Waals surface area contributed by atoms with Crippen LogP contribution in [0.2, 0.25) is 0 Å². The first-order chi connectivity index (χ1) is 8.79. The van der Waals surface area contributed by atoms with Crippen molar-refractivity contribution in [1.29, 1.82) is 0 Å². The summed E-state index contributed by atoms with van der Waals surface area (Å²) in [6.07, 6.45) is 8.36. The number of likely N-dealkylation sites (tertiary alicyclic amines) is 1. The van der Waals surface area contributed by atoms with E-state index in [9.17, 15) is 4.79 Å². The molecule has 4 nitrogen and oxygen atoms in total. The molecule has 0 spiro atoms. The number of fused-ring (bicyclic) bond motifs is 1. The molecule has 94 valence electrons. The van der Waals surface area contributed by atoms with Crippen LogP contribution in [0.5, 0.6) is 0 Å². The zero-order valence-corrected chi connectivity index (χ0v) is 10.5. The lowest BCUT2D eigenvalue weighted by atomic mass is 10.0. The topological polar surface area (TPSA) is 37.6 Å². The van der Waals surface area contributed by atoms with Gasteiger partial charge in [0.1, 0.15) is 12.1 Å². The number of piperidine rings is 1. The quantitative estimate of drug-likeness (QED) is 0.760. The highest BCUT2D eigenvalue weighted by atomic mass is 16.1. The highest BCUT2D eigenvalue weighted by molar-refractivity contribution is 5.77. The number of aromatic nitrogens is 2. The summed E-state index contributed by atoms with van der Waals surface area (Å²) in [6.45, 7) is 1.13. The molecule has 0 saturated carbocycles. The molecule has 0 bridgehead atoms. The van der Waals surface area contributed by atoms with E-state index < -0.39 is 0 Å². The van der Waals surface area contributed by atoms with Crippen molar-refractivity contribution in [3.63, 3.8) is 0 Å². The lowest BCUT2D eigenvalue weighted by molar-refractivity contribution is 0.112. The van der Waals surface area contributed by atoms with E-state index in [2.05, 4.69) is 21.3 Å². The predicted octanol–water partition coefficient (Wildman–Crippen LogP) is 2.30. The highest BCUT2D eigenvalue weighted by Gasteiger charge is 2.24. The third-order valence-electron chi connectivity index (χ3n) is 3.79. The molecular formula is C14H17N3O. The average Bonchev–Trinajstić information content (AvgIpc) is 2.82. The van der Waals surface area contributed by atoms with Crippen molar-refractivity contribution < 1.29 is 4.79 Å². The van der Waals surface area contributed by atoms with Gasteiger partial charge in [-0.2, -0.15) is 0 Å². The molecule has 1 aliphatic rings. The van der Waals surface area contributed by atoms with Crippen molar-refractivity contribution in [3.05, 3.63) is 35.9 Å².